The summed E-state index contributed by atoms with van der Waals surface area (Å²) in [7, 11) is 2.90. The second-order valence-corrected chi connectivity index (χ2v) is 12.4. The third-order valence-corrected chi connectivity index (χ3v) is 10.3. The number of piperazine rings is 1. The van der Waals surface area contributed by atoms with Gasteiger partial charge in [-0.2, -0.15) is 0 Å². The van der Waals surface area contributed by atoms with Gasteiger partial charge in [-0.25, -0.2) is 0 Å². The first-order valence-electron chi connectivity index (χ1n) is 13.8. The Hall–Kier alpha value is -3.23. The Morgan fingerprint density at radius 3 is 2.48 bits per heavy atom. The molecule has 13 heteroatoms. The first kappa shape index (κ1) is 28.9. The maximum absolute atomic E-state index is 12.8. The number of cyclic esters (lactones) is 1. The molecule has 0 amide bonds. The molecule has 226 valence electrons. The van der Waals surface area contributed by atoms with E-state index in [1.54, 1.807) is 6.92 Å². The van der Waals surface area contributed by atoms with Crippen molar-refractivity contribution in [3.05, 3.63) is 39.4 Å². The predicted molar refractivity (Wildman–Crippen MR) is 152 cm³/mol. The molecular formula is C29H35N3O9S. The van der Waals surface area contributed by atoms with Crippen molar-refractivity contribution in [2.45, 2.75) is 68.9 Å². The van der Waals surface area contributed by atoms with E-state index in [1.807, 2.05) is 17.9 Å². The summed E-state index contributed by atoms with van der Waals surface area (Å²) in [6.45, 7) is 4.61. The number of aliphatic hydroxyl groups is 1. The molecule has 2 aromatic rings. The normalized spacial score (nSPS) is 30.0. The number of methoxy groups -OCH3 is 2. The zero-order valence-corrected chi connectivity index (χ0v) is 24.8. The van der Waals surface area contributed by atoms with Gasteiger partial charge in [0.1, 0.15) is 24.6 Å². The number of rotatable bonds is 3. The molecule has 12 nitrogen and oxygen atoms in total. The minimum Gasteiger partial charge on any atom is -0.504 e. The van der Waals surface area contributed by atoms with E-state index in [2.05, 4.69) is 5.32 Å². The van der Waals surface area contributed by atoms with E-state index in [1.165, 1.54) is 32.9 Å². The number of nitrogens with two attached hydrogens (primary N) is 1. The van der Waals surface area contributed by atoms with Crippen molar-refractivity contribution in [2.24, 2.45) is 5.73 Å². The molecule has 2 fully saturated rings. The number of esters is 2. The molecule has 4 aliphatic rings. The maximum Gasteiger partial charge on any atom is 0.323 e. The zero-order valence-electron chi connectivity index (χ0n) is 24.0. The molecule has 7 atom stereocenters. The summed E-state index contributed by atoms with van der Waals surface area (Å²) in [6.07, 6.45) is -0.653. The fourth-order valence-corrected chi connectivity index (χ4v) is 8.65. The largest absolute Gasteiger partial charge is 0.504 e. The highest BCUT2D eigenvalue weighted by Crippen LogP contribution is 2.61. The average Bonchev–Trinajstić information content (AvgIpc) is 2.94. The van der Waals surface area contributed by atoms with Crippen molar-refractivity contribution in [3.8, 4) is 28.7 Å². The van der Waals surface area contributed by atoms with Crippen LogP contribution in [0.2, 0.25) is 0 Å². The Morgan fingerprint density at radius 2 is 1.81 bits per heavy atom. The summed E-state index contributed by atoms with van der Waals surface area (Å²) >= 11 is 1.34. The van der Waals surface area contributed by atoms with Gasteiger partial charge in [-0.3, -0.25) is 14.5 Å². The first-order valence-corrected chi connectivity index (χ1v) is 14.8. The van der Waals surface area contributed by atoms with Crippen molar-refractivity contribution in [1.29, 1.82) is 0 Å². The van der Waals surface area contributed by atoms with Gasteiger partial charge in [0.25, 0.3) is 0 Å². The van der Waals surface area contributed by atoms with Crippen LogP contribution in [0.3, 0.4) is 0 Å². The van der Waals surface area contributed by atoms with E-state index in [4.69, 9.17) is 24.7 Å². The molecule has 42 heavy (non-hydrogen) atoms. The Bertz CT molecular complexity index is 1480. The van der Waals surface area contributed by atoms with E-state index >= 15 is 0 Å². The second-order valence-electron chi connectivity index (χ2n) is 11.2. The van der Waals surface area contributed by atoms with Crippen molar-refractivity contribution in [2.75, 3.05) is 26.6 Å². The second kappa shape index (κ2) is 10.5. The highest BCUT2D eigenvalue weighted by Gasteiger charge is 2.58. The minimum absolute atomic E-state index is 0.00933. The van der Waals surface area contributed by atoms with E-state index in [9.17, 15) is 24.9 Å². The topological polar surface area (TPSA) is 173 Å². The Labute approximate surface area is 247 Å². The van der Waals surface area contributed by atoms with Crippen LogP contribution in [0, 0.1) is 13.8 Å². The molecule has 2 aromatic carbocycles. The van der Waals surface area contributed by atoms with Crippen LogP contribution in [0.15, 0.2) is 6.07 Å². The molecule has 0 aliphatic carbocycles. The van der Waals surface area contributed by atoms with E-state index in [0.717, 1.165) is 11.1 Å². The lowest BCUT2D eigenvalue weighted by atomic mass is 9.74. The molecule has 0 aromatic heterocycles. The van der Waals surface area contributed by atoms with Gasteiger partial charge in [-0.1, -0.05) is 6.07 Å². The number of aromatic hydroxyl groups is 2. The number of benzene rings is 2. The molecule has 6 rings (SSSR count). The van der Waals surface area contributed by atoms with Gasteiger partial charge >= 0.3 is 11.9 Å². The highest BCUT2D eigenvalue weighted by molar-refractivity contribution is 7.99. The van der Waals surface area contributed by atoms with Gasteiger partial charge in [0.15, 0.2) is 23.0 Å². The summed E-state index contributed by atoms with van der Waals surface area (Å²) < 4.78 is 22.6. The number of ether oxygens (including phenoxy) is 4. The van der Waals surface area contributed by atoms with Crippen LogP contribution < -0.4 is 25.3 Å². The van der Waals surface area contributed by atoms with Crippen LogP contribution in [-0.4, -0.2) is 83.1 Å². The van der Waals surface area contributed by atoms with E-state index in [0.29, 0.717) is 34.4 Å². The van der Waals surface area contributed by atoms with Crippen molar-refractivity contribution >= 4 is 23.7 Å². The molecule has 0 spiro atoms. The molecule has 4 aliphatic heterocycles. The monoisotopic (exact) mass is 601 g/mol. The molecule has 0 radical (unpaired) electrons. The summed E-state index contributed by atoms with van der Waals surface area (Å²) in [5, 5.41) is 38.0. The van der Waals surface area contributed by atoms with Gasteiger partial charge in [-0.05, 0) is 31.4 Å². The lowest BCUT2D eigenvalue weighted by Gasteiger charge is -2.59. The number of hydrogen-bond acceptors (Lipinski definition) is 13. The molecule has 0 saturated carbocycles. The van der Waals surface area contributed by atoms with Crippen LogP contribution in [0.4, 0.5) is 0 Å². The van der Waals surface area contributed by atoms with E-state index in [-0.39, 0.29) is 35.4 Å². The number of hydrogen-bond donors (Lipinski definition) is 5. The number of aliphatic hydroxyl groups excluding tert-OH is 1. The third-order valence-electron chi connectivity index (χ3n) is 8.83. The number of thioether (sulfide) groups is 1. The van der Waals surface area contributed by atoms with Crippen LogP contribution in [-0.2, 0) is 20.7 Å². The number of nitrogens with zero attached hydrogens (tertiary/aromatic N) is 1. The third kappa shape index (κ3) is 4.13. The fourth-order valence-electron chi connectivity index (χ4n) is 7.20. The van der Waals surface area contributed by atoms with Crippen molar-refractivity contribution < 1.29 is 43.9 Å². The van der Waals surface area contributed by atoms with Crippen LogP contribution in [0.25, 0.3) is 0 Å². The first-order chi connectivity index (χ1) is 20.0. The van der Waals surface area contributed by atoms with Gasteiger partial charge in [0.05, 0.1) is 37.6 Å². The number of carbonyl (C=O) groups excluding carboxylic acids is 2. The lowest BCUT2D eigenvalue weighted by Crippen LogP contribution is -2.69. The molecule has 4 bridgehead atoms. The number of phenolic OH excluding ortho intramolecular Hbond substituents is 2. The molecule has 0 unspecified atom stereocenters. The number of carbonyl (C=O) groups is 2. The number of nitrogens with one attached hydrogen (secondary N) is 1. The molecule has 2 saturated heterocycles. The average molecular weight is 602 g/mol. The van der Waals surface area contributed by atoms with Crippen LogP contribution >= 0.6 is 11.8 Å². The Morgan fingerprint density at radius 1 is 1.12 bits per heavy atom. The number of aryl methyl sites for hydroxylation is 1. The SMILES string of the molecule is COc1c(C)cc2c(c1O)[C@H]1N[C@H](C2)[C@H](O)N2[C@H]1[C@H]1SC[C@H](N)C(=O)OC[C@H]2c2c(O)c(OC)c(C)c(OC(C)=O)c21. The Kier molecular flexibility index (Phi) is 7.21. The summed E-state index contributed by atoms with van der Waals surface area (Å²) in [5.41, 5.74) is 9.80. The number of phenols is 2. The zero-order chi connectivity index (χ0) is 30.2. The summed E-state index contributed by atoms with van der Waals surface area (Å²) in [6, 6.07) is -1.35. The van der Waals surface area contributed by atoms with Gasteiger partial charge in [0, 0.05) is 41.0 Å². The van der Waals surface area contributed by atoms with Gasteiger partial charge in [0.2, 0.25) is 0 Å². The van der Waals surface area contributed by atoms with Crippen LogP contribution in [0.5, 0.6) is 28.7 Å². The predicted octanol–water partition coefficient (Wildman–Crippen LogP) is 1.63. The molecule has 4 heterocycles. The summed E-state index contributed by atoms with van der Waals surface area (Å²) in [4.78, 5) is 27.0. The summed E-state index contributed by atoms with van der Waals surface area (Å²) in [5.74, 6) is -0.486. The fraction of sp³-hybridized carbons (Fsp3) is 0.517. The Balaban J connectivity index is 1.67. The van der Waals surface area contributed by atoms with Crippen molar-refractivity contribution in [3.63, 3.8) is 0 Å². The van der Waals surface area contributed by atoms with E-state index < -0.39 is 53.6 Å². The highest BCUT2D eigenvalue weighted by atomic mass is 32.2. The van der Waals surface area contributed by atoms with Crippen LogP contribution in [0.1, 0.15) is 57.6 Å². The van der Waals surface area contributed by atoms with Gasteiger partial charge < -0.3 is 45.3 Å². The minimum atomic E-state index is -1.07. The quantitative estimate of drug-likeness (QED) is 0.254. The standard InChI is InChI=1S/C29H35N3O9S/c1-10-6-13-7-15-28(36)32-16-8-40-29(37)14(30)9-42-27(21(32)20(31-15)17(13)22(34)24(10)38-4)19-18(16)23(35)26(39-5)11(2)25(19)41-12(3)33/h6,14-16,20-21,27-28,31,34-36H,7-9,30H2,1-5H3/t14-,15+,16-,20+,21+,27-,28-/m0/s1. The molecule has 6 N–H and O–H groups in total. The smallest absolute Gasteiger partial charge is 0.323 e. The van der Waals surface area contributed by atoms with Gasteiger partial charge in [-0.15, -0.1) is 11.8 Å². The maximum atomic E-state index is 12.8. The lowest BCUT2D eigenvalue weighted by molar-refractivity contribution is -0.159. The molecular weight excluding hydrogens is 566 g/mol. The van der Waals surface area contributed by atoms with Crippen molar-refractivity contribution in [1.82, 2.24) is 10.2 Å². The number of fused-ring (bicyclic) bond motifs is 7.